The van der Waals surface area contributed by atoms with Crippen molar-refractivity contribution in [2.45, 2.75) is 40.3 Å². The lowest BCUT2D eigenvalue weighted by atomic mass is 10.1. The maximum atomic E-state index is 5.96. The minimum absolute atomic E-state index is 0.137. The second-order valence-electron chi connectivity index (χ2n) is 7.46. The Balaban J connectivity index is 1.71. The third-order valence-electron chi connectivity index (χ3n) is 5.44. The van der Waals surface area contributed by atoms with E-state index < -0.39 is 0 Å². The zero-order valence-corrected chi connectivity index (χ0v) is 18.3. The van der Waals surface area contributed by atoms with Gasteiger partial charge in [0.05, 0.1) is 31.5 Å². The van der Waals surface area contributed by atoms with Gasteiger partial charge in [-0.1, -0.05) is 0 Å². The van der Waals surface area contributed by atoms with Gasteiger partial charge in [0.15, 0.2) is 5.96 Å². The summed E-state index contributed by atoms with van der Waals surface area (Å²) in [5.74, 6) is 2.71. The number of rotatable bonds is 7. The van der Waals surface area contributed by atoms with Gasteiger partial charge < -0.3 is 19.8 Å². The number of guanidine groups is 1. The van der Waals surface area contributed by atoms with E-state index in [1.165, 1.54) is 5.56 Å². The second kappa shape index (κ2) is 9.93. The standard InChI is InChI=1S/C21H34N6O2/c1-6-22-21(23-13-18-16(3)25-26(5)17(18)4)24-14-19(20-8-7-15(2)29-20)27-9-11-28-12-10-27/h7-8,19H,6,9-14H2,1-5H3,(H2,22,23,24). The molecule has 29 heavy (non-hydrogen) atoms. The van der Waals surface area contributed by atoms with E-state index >= 15 is 0 Å². The van der Waals surface area contributed by atoms with Crippen molar-refractivity contribution in [1.29, 1.82) is 0 Å². The molecule has 3 rings (SSSR count). The molecule has 0 radical (unpaired) electrons. The molecule has 0 amide bonds. The SMILES string of the molecule is CCNC(=NCc1c(C)nn(C)c1C)NCC(c1ccc(C)o1)N1CCOCC1. The molecule has 3 heterocycles. The molecule has 2 aromatic rings. The van der Waals surface area contributed by atoms with Crippen molar-refractivity contribution in [3.8, 4) is 0 Å². The summed E-state index contributed by atoms with van der Waals surface area (Å²) in [6.45, 7) is 13.6. The topological polar surface area (TPSA) is 79.8 Å². The monoisotopic (exact) mass is 402 g/mol. The molecule has 8 nitrogen and oxygen atoms in total. The number of aryl methyl sites for hydroxylation is 3. The highest BCUT2D eigenvalue weighted by Crippen LogP contribution is 2.23. The molecule has 0 bridgehead atoms. The van der Waals surface area contributed by atoms with Crippen molar-refractivity contribution in [3.05, 3.63) is 40.6 Å². The van der Waals surface area contributed by atoms with Gasteiger partial charge in [-0.15, -0.1) is 0 Å². The molecule has 8 heteroatoms. The number of morpholine rings is 1. The van der Waals surface area contributed by atoms with Gasteiger partial charge in [0.1, 0.15) is 11.5 Å². The Labute approximate surface area is 173 Å². The number of hydrogen-bond acceptors (Lipinski definition) is 5. The van der Waals surface area contributed by atoms with E-state index in [-0.39, 0.29) is 6.04 Å². The third kappa shape index (κ3) is 5.39. The van der Waals surface area contributed by atoms with E-state index in [0.29, 0.717) is 13.1 Å². The molecule has 1 aliphatic rings. The van der Waals surface area contributed by atoms with Gasteiger partial charge in [-0.2, -0.15) is 5.10 Å². The molecule has 2 aromatic heterocycles. The first-order valence-electron chi connectivity index (χ1n) is 10.4. The van der Waals surface area contributed by atoms with Gasteiger partial charge in [-0.3, -0.25) is 9.58 Å². The van der Waals surface area contributed by atoms with Crippen LogP contribution in [0.25, 0.3) is 0 Å². The van der Waals surface area contributed by atoms with Gasteiger partial charge in [0, 0.05) is 44.5 Å². The molecule has 1 fully saturated rings. The van der Waals surface area contributed by atoms with Crippen LogP contribution in [0, 0.1) is 20.8 Å². The summed E-state index contributed by atoms with van der Waals surface area (Å²) < 4.78 is 13.4. The lowest BCUT2D eigenvalue weighted by Crippen LogP contribution is -2.46. The Morgan fingerprint density at radius 3 is 2.55 bits per heavy atom. The molecule has 1 saturated heterocycles. The number of hydrogen-bond donors (Lipinski definition) is 2. The van der Waals surface area contributed by atoms with Crippen molar-refractivity contribution in [3.63, 3.8) is 0 Å². The molecule has 160 valence electrons. The van der Waals surface area contributed by atoms with Crippen LogP contribution < -0.4 is 10.6 Å². The van der Waals surface area contributed by atoms with Crippen molar-refractivity contribution >= 4 is 5.96 Å². The molecule has 1 aliphatic heterocycles. The van der Waals surface area contributed by atoms with Gasteiger partial charge in [0.2, 0.25) is 0 Å². The van der Waals surface area contributed by atoms with E-state index in [9.17, 15) is 0 Å². The van der Waals surface area contributed by atoms with Crippen LogP contribution in [0.1, 0.15) is 41.4 Å². The first kappa shape index (κ1) is 21.4. The van der Waals surface area contributed by atoms with E-state index in [4.69, 9.17) is 14.1 Å². The van der Waals surface area contributed by atoms with Crippen LogP contribution in [0.2, 0.25) is 0 Å². The van der Waals surface area contributed by atoms with Crippen LogP contribution in [0.5, 0.6) is 0 Å². The summed E-state index contributed by atoms with van der Waals surface area (Å²) in [6.07, 6.45) is 0. The molecular weight excluding hydrogens is 368 g/mol. The zero-order valence-electron chi connectivity index (χ0n) is 18.3. The van der Waals surface area contributed by atoms with E-state index in [1.54, 1.807) is 0 Å². The number of ether oxygens (including phenoxy) is 1. The molecule has 2 N–H and O–H groups in total. The maximum Gasteiger partial charge on any atom is 0.191 e. The van der Waals surface area contributed by atoms with Crippen LogP contribution in [-0.2, 0) is 18.3 Å². The first-order valence-corrected chi connectivity index (χ1v) is 10.4. The molecule has 1 atom stereocenters. The molecule has 1 unspecified atom stereocenters. The van der Waals surface area contributed by atoms with E-state index in [2.05, 4.69) is 40.5 Å². The largest absolute Gasteiger partial charge is 0.465 e. The zero-order chi connectivity index (χ0) is 20.8. The van der Waals surface area contributed by atoms with Crippen LogP contribution in [0.4, 0.5) is 0 Å². The minimum atomic E-state index is 0.137. The summed E-state index contributed by atoms with van der Waals surface area (Å²) >= 11 is 0. The second-order valence-corrected chi connectivity index (χ2v) is 7.46. The summed E-state index contributed by atoms with van der Waals surface area (Å²) in [5.41, 5.74) is 3.36. The number of furan rings is 1. The van der Waals surface area contributed by atoms with Crippen LogP contribution in [0.3, 0.4) is 0 Å². The summed E-state index contributed by atoms with van der Waals surface area (Å²) in [5, 5.41) is 11.3. The van der Waals surface area contributed by atoms with Crippen molar-refractivity contribution in [2.24, 2.45) is 12.0 Å². The van der Waals surface area contributed by atoms with E-state index in [0.717, 1.165) is 61.7 Å². The average Bonchev–Trinajstić information content (AvgIpc) is 3.24. The fourth-order valence-electron chi connectivity index (χ4n) is 3.67. The Bertz CT molecular complexity index is 819. The lowest BCUT2D eigenvalue weighted by molar-refractivity contribution is 0.0124. The molecule has 0 spiro atoms. The number of aliphatic imine (C=N–C) groups is 1. The molecule has 0 aromatic carbocycles. The summed E-state index contributed by atoms with van der Waals surface area (Å²) in [6, 6.07) is 4.23. The predicted molar refractivity (Wildman–Crippen MR) is 114 cm³/mol. The normalized spacial score (nSPS) is 16.8. The maximum absolute atomic E-state index is 5.96. The molecule has 0 saturated carbocycles. The highest BCUT2D eigenvalue weighted by molar-refractivity contribution is 5.79. The fourth-order valence-corrected chi connectivity index (χ4v) is 3.67. The summed E-state index contributed by atoms with van der Waals surface area (Å²) in [4.78, 5) is 7.21. The van der Waals surface area contributed by atoms with Crippen LogP contribution in [0.15, 0.2) is 21.5 Å². The van der Waals surface area contributed by atoms with Gasteiger partial charge in [0.25, 0.3) is 0 Å². The van der Waals surface area contributed by atoms with Gasteiger partial charge in [-0.05, 0) is 39.8 Å². The Kier molecular flexibility index (Phi) is 7.33. The minimum Gasteiger partial charge on any atom is -0.465 e. The molecular formula is C21H34N6O2. The van der Waals surface area contributed by atoms with Gasteiger partial charge in [-0.25, -0.2) is 4.99 Å². The fraction of sp³-hybridized carbons (Fsp3) is 0.619. The number of aromatic nitrogens is 2. The van der Waals surface area contributed by atoms with Crippen LogP contribution in [-0.4, -0.2) is 60.0 Å². The lowest BCUT2D eigenvalue weighted by Gasteiger charge is -2.33. The van der Waals surface area contributed by atoms with Crippen molar-refractivity contribution < 1.29 is 9.15 Å². The Morgan fingerprint density at radius 1 is 1.21 bits per heavy atom. The number of nitrogens with zero attached hydrogens (tertiary/aromatic N) is 4. The van der Waals surface area contributed by atoms with Crippen molar-refractivity contribution in [1.82, 2.24) is 25.3 Å². The predicted octanol–water partition coefficient (Wildman–Crippen LogP) is 2.07. The van der Waals surface area contributed by atoms with E-state index in [1.807, 2.05) is 31.6 Å². The highest BCUT2D eigenvalue weighted by Gasteiger charge is 2.25. The summed E-state index contributed by atoms with van der Waals surface area (Å²) in [7, 11) is 1.97. The first-order chi connectivity index (χ1) is 14.0. The van der Waals surface area contributed by atoms with Gasteiger partial charge >= 0.3 is 0 Å². The Morgan fingerprint density at radius 2 is 1.97 bits per heavy atom. The van der Waals surface area contributed by atoms with Crippen LogP contribution >= 0.6 is 0 Å². The Hall–Kier alpha value is -2.32. The highest BCUT2D eigenvalue weighted by atomic mass is 16.5. The van der Waals surface area contributed by atoms with Crippen molar-refractivity contribution in [2.75, 3.05) is 39.4 Å². The quantitative estimate of drug-likeness (QED) is 0.545. The third-order valence-corrected chi connectivity index (χ3v) is 5.44. The number of nitrogens with one attached hydrogen (secondary N) is 2. The average molecular weight is 403 g/mol. The molecule has 0 aliphatic carbocycles. The smallest absolute Gasteiger partial charge is 0.191 e.